The van der Waals surface area contributed by atoms with Crippen molar-refractivity contribution in [1.29, 1.82) is 0 Å². The Morgan fingerprint density at radius 2 is 0.738 bits per heavy atom. The van der Waals surface area contributed by atoms with Crippen LogP contribution < -0.4 is 8.37 Å². The van der Waals surface area contributed by atoms with Crippen LogP contribution in [0.2, 0.25) is 0 Å². The van der Waals surface area contributed by atoms with E-state index in [-0.39, 0.29) is 11.1 Å². The Hall–Kier alpha value is -4.04. The quantitative estimate of drug-likeness (QED) is 0.115. The maximum Gasteiger partial charge on any atom is 0.534 e. The van der Waals surface area contributed by atoms with Gasteiger partial charge in [-0.1, -0.05) is 47.5 Å². The number of benzene rings is 4. The molecule has 14 heteroatoms. The highest BCUT2D eigenvalue weighted by Crippen LogP contribution is 2.50. The lowest BCUT2D eigenvalue weighted by molar-refractivity contribution is -0.0504. The molecule has 0 unspecified atom stereocenters. The van der Waals surface area contributed by atoms with Crippen molar-refractivity contribution in [1.82, 2.24) is 0 Å². The third-order valence-electron chi connectivity index (χ3n) is 6.47. The number of halogens is 6. The highest BCUT2D eigenvalue weighted by Gasteiger charge is 2.49. The molecular formula is C28H18F6O6S2. The molecule has 5 rings (SSSR count). The Labute approximate surface area is 236 Å². The minimum atomic E-state index is -5.99. The van der Waals surface area contributed by atoms with E-state index in [9.17, 15) is 43.2 Å². The fourth-order valence-corrected chi connectivity index (χ4v) is 5.55. The number of rotatable bonds is 4. The van der Waals surface area contributed by atoms with Gasteiger partial charge in [0.2, 0.25) is 0 Å². The van der Waals surface area contributed by atoms with E-state index >= 15 is 0 Å². The van der Waals surface area contributed by atoms with Gasteiger partial charge in [-0.3, -0.25) is 0 Å². The molecule has 4 aromatic rings. The first kappa shape index (κ1) is 29.5. The highest BCUT2D eigenvalue weighted by atomic mass is 32.2. The van der Waals surface area contributed by atoms with Gasteiger partial charge < -0.3 is 8.37 Å². The van der Waals surface area contributed by atoms with Gasteiger partial charge in [-0.25, -0.2) is 0 Å². The van der Waals surface area contributed by atoms with Crippen LogP contribution in [0.5, 0.6) is 11.5 Å². The third kappa shape index (κ3) is 5.20. The lowest BCUT2D eigenvalue weighted by Crippen LogP contribution is -2.28. The van der Waals surface area contributed by atoms with Crippen molar-refractivity contribution in [2.45, 2.75) is 24.9 Å². The van der Waals surface area contributed by atoms with Gasteiger partial charge >= 0.3 is 31.3 Å². The molecular weight excluding hydrogens is 610 g/mol. The minimum Gasteiger partial charge on any atom is -0.376 e. The molecule has 0 N–H and O–H groups in total. The Bertz CT molecular complexity index is 1820. The maximum atomic E-state index is 13.1. The third-order valence-corrected chi connectivity index (χ3v) is 8.43. The van der Waals surface area contributed by atoms with Gasteiger partial charge in [-0.2, -0.15) is 43.2 Å². The first-order chi connectivity index (χ1) is 19.4. The van der Waals surface area contributed by atoms with Crippen LogP contribution in [-0.2, 0) is 20.2 Å². The molecule has 0 fully saturated rings. The zero-order valence-electron chi connectivity index (χ0n) is 21.5. The smallest absolute Gasteiger partial charge is 0.376 e. The van der Waals surface area contributed by atoms with Gasteiger partial charge in [0.05, 0.1) is 0 Å². The molecule has 0 aliphatic heterocycles. The average molecular weight is 629 g/mol. The second-order valence-corrected chi connectivity index (χ2v) is 12.6. The molecule has 0 saturated heterocycles. The number of hydrogen-bond acceptors (Lipinski definition) is 6. The number of fused-ring (bicyclic) bond motifs is 8. The molecule has 4 aromatic carbocycles. The van der Waals surface area contributed by atoms with Crippen LogP contribution in [0.25, 0.3) is 44.5 Å². The number of hydrogen-bond donors (Lipinski definition) is 0. The monoisotopic (exact) mass is 628 g/mol. The van der Waals surface area contributed by atoms with E-state index in [1.807, 2.05) is 0 Å². The summed E-state index contributed by atoms with van der Waals surface area (Å²) in [5, 5.41) is 0. The van der Waals surface area contributed by atoms with Gasteiger partial charge in [0.1, 0.15) is 11.5 Å². The fourth-order valence-electron chi connectivity index (χ4n) is 4.65. The summed E-state index contributed by atoms with van der Waals surface area (Å²) in [4.78, 5) is 0. The van der Waals surface area contributed by atoms with E-state index in [0.717, 1.165) is 35.4 Å². The summed E-state index contributed by atoms with van der Waals surface area (Å²) in [7, 11) is -12.0. The molecule has 0 bridgehead atoms. The second kappa shape index (κ2) is 9.76. The van der Waals surface area contributed by atoms with Crippen molar-refractivity contribution < 1.29 is 51.5 Å². The summed E-state index contributed by atoms with van der Waals surface area (Å²) in [6.07, 6.45) is 0. The van der Waals surface area contributed by atoms with Gasteiger partial charge in [-0.05, 0) is 94.8 Å². The Kier molecular flexibility index (Phi) is 6.85. The molecule has 0 saturated carbocycles. The molecule has 6 nitrogen and oxygen atoms in total. The van der Waals surface area contributed by atoms with Gasteiger partial charge in [-0.15, -0.1) is 0 Å². The number of alkyl halides is 6. The Morgan fingerprint density at radius 1 is 0.452 bits per heavy atom. The average Bonchev–Trinajstić information content (AvgIpc) is 2.86. The van der Waals surface area contributed by atoms with Crippen molar-refractivity contribution in [2.75, 3.05) is 0 Å². The predicted octanol–water partition coefficient (Wildman–Crippen LogP) is 7.74. The van der Waals surface area contributed by atoms with Crippen LogP contribution in [0.1, 0.15) is 11.1 Å². The number of aryl methyl sites for hydroxylation is 2. The normalized spacial score (nSPS) is 13.1. The van der Waals surface area contributed by atoms with Crippen molar-refractivity contribution in [2.24, 2.45) is 0 Å². The molecule has 0 atom stereocenters. The SMILES string of the molecule is Cc1ccc2c(c1)-c1cc(C)ccc1-c1cc(OS(=O)(=O)C(F)(F)F)ccc1-c1ccc(OS(=O)(=O)C(F)(F)F)cc1-2. The van der Waals surface area contributed by atoms with Gasteiger partial charge in [0.25, 0.3) is 0 Å². The molecule has 0 aromatic heterocycles. The van der Waals surface area contributed by atoms with Crippen molar-refractivity contribution in [3.05, 3.63) is 83.9 Å². The van der Waals surface area contributed by atoms with Crippen molar-refractivity contribution >= 4 is 20.2 Å². The topological polar surface area (TPSA) is 86.7 Å². The second-order valence-electron chi connectivity index (χ2n) is 9.48. The van der Waals surface area contributed by atoms with Crippen LogP contribution in [0.3, 0.4) is 0 Å². The largest absolute Gasteiger partial charge is 0.534 e. The zero-order valence-corrected chi connectivity index (χ0v) is 23.1. The standard InChI is InChI=1S/C28H18F6O6S2/c1-15-3-7-21-23(11-15)24-12-16(2)4-8-22(24)26-14-18(40-42(37,38)28(32,33)34)6-10-20(26)19-9-5-17(13-25(19)21)39-41(35,36)27(29,30)31/h3-14H,1-2H3. The minimum absolute atomic E-state index is 0.255. The van der Waals surface area contributed by atoms with Gasteiger partial charge in [0.15, 0.2) is 0 Å². The summed E-state index contributed by atoms with van der Waals surface area (Å²) in [6.45, 7) is 3.60. The molecule has 0 radical (unpaired) electrons. The summed E-state index contributed by atoms with van der Waals surface area (Å²) in [5.74, 6) is -1.25. The van der Waals surface area contributed by atoms with Crippen molar-refractivity contribution in [3.8, 4) is 56.0 Å². The van der Waals surface area contributed by atoms with E-state index in [1.54, 1.807) is 50.2 Å². The lowest BCUT2D eigenvalue weighted by Gasteiger charge is -2.24. The summed E-state index contributed by atoms with van der Waals surface area (Å²) < 4.78 is 134. The first-order valence-electron chi connectivity index (χ1n) is 11.9. The van der Waals surface area contributed by atoms with E-state index in [1.165, 1.54) is 12.1 Å². The van der Waals surface area contributed by atoms with Crippen LogP contribution >= 0.6 is 0 Å². The predicted molar refractivity (Wildman–Crippen MR) is 142 cm³/mol. The van der Waals surface area contributed by atoms with Crippen LogP contribution in [-0.4, -0.2) is 27.9 Å². The van der Waals surface area contributed by atoms with Crippen LogP contribution in [0.4, 0.5) is 26.3 Å². The van der Waals surface area contributed by atoms with Crippen LogP contribution in [0.15, 0.2) is 72.8 Å². The van der Waals surface area contributed by atoms with Gasteiger partial charge in [0, 0.05) is 0 Å². The van der Waals surface area contributed by atoms with Crippen LogP contribution in [0, 0.1) is 13.8 Å². The van der Waals surface area contributed by atoms with E-state index < -0.39 is 42.8 Å². The maximum absolute atomic E-state index is 13.1. The Balaban J connectivity index is 1.82. The Morgan fingerprint density at radius 3 is 1.07 bits per heavy atom. The first-order valence-corrected chi connectivity index (χ1v) is 14.7. The van der Waals surface area contributed by atoms with Crippen molar-refractivity contribution in [3.63, 3.8) is 0 Å². The molecule has 220 valence electrons. The van der Waals surface area contributed by atoms with E-state index in [2.05, 4.69) is 8.37 Å². The zero-order chi connectivity index (χ0) is 30.8. The fraction of sp³-hybridized carbons (Fsp3) is 0.143. The lowest BCUT2D eigenvalue weighted by atomic mass is 9.80. The molecule has 1 aliphatic carbocycles. The summed E-state index contributed by atoms with van der Waals surface area (Å²) in [6, 6.07) is 17.4. The summed E-state index contributed by atoms with van der Waals surface area (Å²) in [5.41, 5.74) is -6.40. The molecule has 0 amide bonds. The van der Waals surface area contributed by atoms with E-state index in [4.69, 9.17) is 0 Å². The molecule has 0 spiro atoms. The highest BCUT2D eigenvalue weighted by molar-refractivity contribution is 7.88. The molecule has 0 heterocycles. The molecule has 42 heavy (non-hydrogen) atoms. The molecule has 1 aliphatic rings. The summed E-state index contributed by atoms with van der Waals surface area (Å²) >= 11 is 0. The van der Waals surface area contributed by atoms with E-state index in [0.29, 0.717) is 33.4 Å².